The highest BCUT2D eigenvalue weighted by molar-refractivity contribution is 7.47. The molecule has 0 fully saturated rings. The number of allylic oxidation sites excluding steroid dienone is 20. The van der Waals surface area contributed by atoms with Crippen molar-refractivity contribution in [3.8, 4) is 0 Å². The molecule has 0 aliphatic rings. The van der Waals surface area contributed by atoms with E-state index in [1.54, 1.807) is 0 Å². The van der Waals surface area contributed by atoms with E-state index in [1.165, 1.54) is 25.7 Å². The van der Waals surface area contributed by atoms with E-state index in [2.05, 4.69) is 117 Å². The molecule has 0 rings (SSSR count). The summed E-state index contributed by atoms with van der Waals surface area (Å²) in [6.45, 7) is 4.09. The Kier molecular flexibility index (Phi) is 38.4. The fourth-order valence-corrected chi connectivity index (χ4v) is 5.77. The summed E-state index contributed by atoms with van der Waals surface area (Å²) in [6, 6.07) is 0. The Morgan fingerprint density at radius 2 is 0.967 bits per heavy atom. The van der Waals surface area contributed by atoms with Gasteiger partial charge in [-0.2, -0.15) is 0 Å². The van der Waals surface area contributed by atoms with Gasteiger partial charge in [0.15, 0.2) is 6.10 Å². The van der Waals surface area contributed by atoms with Crippen molar-refractivity contribution in [2.24, 2.45) is 0 Å². The number of phosphoric acid groups is 1. The molecule has 0 radical (unpaired) electrons. The van der Waals surface area contributed by atoms with E-state index < -0.39 is 32.5 Å². The maximum Gasteiger partial charge on any atom is 0.472 e. The van der Waals surface area contributed by atoms with Gasteiger partial charge in [-0.3, -0.25) is 18.6 Å². The van der Waals surface area contributed by atoms with Gasteiger partial charge in [0.25, 0.3) is 0 Å². The van der Waals surface area contributed by atoms with Crippen molar-refractivity contribution in [2.75, 3.05) is 47.5 Å². The molecule has 0 amide bonds. The van der Waals surface area contributed by atoms with Gasteiger partial charge in [0.05, 0.1) is 27.7 Å². The number of rotatable bonds is 38. The molecule has 338 valence electrons. The van der Waals surface area contributed by atoms with Crippen molar-refractivity contribution in [3.05, 3.63) is 122 Å². The average molecular weight is 855 g/mol. The molecule has 0 aromatic rings. The molecule has 0 aliphatic carbocycles. The van der Waals surface area contributed by atoms with Crippen LogP contribution in [0.4, 0.5) is 0 Å². The first-order chi connectivity index (χ1) is 29.0. The molecule has 0 saturated carbocycles. The molecule has 0 aliphatic heterocycles. The van der Waals surface area contributed by atoms with Gasteiger partial charge in [0.2, 0.25) is 0 Å². The lowest BCUT2D eigenvalue weighted by Gasteiger charge is -2.24. The van der Waals surface area contributed by atoms with E-state index >= 15 is 0 Å². The monoisotopic (exact) mass is 855 g/mol. The zero-order valence-electron chi connectivity index (χ0n) is 37.9. The Morgan fingerprint density at radius 3 is 1.42 bits per heavy atom. The lowest BCUT2D eigenvalue weighted by molar-refractivity contribution is -0.870. The summed E-state index contributed by atoms with van der Waals surface area (Å²) >= 11 is 0. The summed E-state index contributed by atoms with van der Waals surface area (Å²) < 4.78 is 34.1. The van der Waals surface area contributed by atoms with Gasteiger partial charge in [-0.15, -0.1) is 0 Å². The molecule has 0 saturated heterocycles. The Morgan fingerprint density at radius 1 is 0.533 bits per heavy atom. The molecule has 0 spiro atoms. The van der Waals surface area contributed by atoms with Crippen LogP contribution >= 0.6 is 7.82 Å². The Bertz CT molecular complexity index is 1430. The third-order valence-electron chi connectivity index (χ3n) is 8.49. The predicted molar refractivity (Wildman–Crippen MR) is 251 cm³/mol. The first-order valence-corrected chi connectivity index (χ1v) is 23.8. The van der Waals surface area contributed by atoms with Crippen LogP contribution in [-0.2, 0) is 32.7 Å². The van der Waals surface area contributed by atoms with Gasteiger partial charge in [0.1, 0.15) is 19.8 Å². The molecule has 1 unspecified atom stereocenters. The molecule has 2 atom stereocenters. The number of carbonyl (C=O) groups is 2. The topological polar surface area (TPSA) is 108 Å². The molecule has 0 aromatic carbocycles. The quantitative estimate of drug-likeness (QED) is 0.0215. The molecule has 10 heteroatoms. The molecule has 60 heavy (non-hydrogen) atoms. The second-order valence-electron chi connectivity index (χ2n) is 15.3. The van der Waals surface area contributed by atoms with Crippen LogP contribution in [0.2, 0.25) is 0 Å². The zero-order chi connectivity index (χ0) is 44.3. The Labute approximate surface area is 365 Å². The van der Waals surface area contributed by atoms with E-state index in [-0.39, 0.29) is 26.1 Å². The van der Waals surface area contributed by atoms with Crippen LogP contribution in [0.1, 0.15) is 129 Å². The van der Waals surface area contributed by atoms with Gasteiger partial charge >= 0.3 is 19.8 Å². The molecule has 0 bridgehead atoms. The SMILES string of the molecule is CC/C=C\C/C=C\C/C=C\C/C=C\C/C=C\C/C=C\CCC(=O)O[C@H](COC(=O)CCC/C=C\C/C=C\C/C=C\C/C=C\CCCCC)COP(=O)(O)OCC[N+](C)(C)C. The van der Waals surface area contributed by atoms with E-state index in [1.807, 2.05) is 39.4 Å². The van der Waals surface area contributed by atoms with E-state index in [0.717, 1.165) is 64.2 Å². The van der Waals surface area contributed by atoms with Crippen LogP contribution in [0.15, 0.2) is 122 Å². The average Bonchev–Trinajstić information content (AvgIpc) is 3.20. The highest BCUT2D eigenvalue weighted by atomic mass is 31.2. The van der Waals surface area contributed by atoms with Crippen LogP contribution in [0.3, 0.4) is 0 Å². The summed E-state index contributed by atoms with van der Waals surface area (Å²) in [7, 11) is 1.38. The first kappa shape index (κ1) is 56.4. The maximum atomic E-state index is 12.7. The van der Waals surface area contributed by atoms with Gasteiger partial charge in [-0.1, -0.05) is 148 Å². The van der Waals surface area contributed by atoms with Crippen LogP contribution in [0.25, 0.3) is 0 Å². The van der Waals surface area contributed by atoms with Crippen molar-refractivity contribution in [1.82, 2.24) is 0 Å². The minimum absolute atomic E-state index is 0.00210. The second-order valence-corrected chi connectivity index (χ2v) is 16.8. The number of likely N-dealkylation sites (N-methyl/N-ethyl adjacent to an activating group) is 1. The van der Waals surface area contributed by atoms with Crippen molar-refractivity contribution in [2.45, 2.75) is 136 Å². The Hall–Kier alpha value is -3.59. The van der Waals surface area contributed by atoms with Gasteiger partial charge in [0, 0.05) is 12.8 Å². The number of ether oxygens (including phenoxy) is 2. The van der Waals surface area contributed by atoms with Gasteiger partial charge < -0.3 is 18.9 Å². The van der Waals surface area contributed by atoms with E-state index in [9.17, 15) is 19.0 Å². The number of esters is 2. The van der Waals surface area contributed by atoms with E-state index in [0.29, 0.717) is 23.9 Å². The fraction of sp³-hybridized carbons (Fsp3) is 0.560. The number of quaternary nitrogens is 1. The zero-order valence-corrected chi connectivity index (χ0v) is 38.8. The number of hydrogen-bond acceptors (Lipinski definition) is 7. The Balaban J connectivity index is 4.61. The number of hydrogen-bond donors (Lipinski definition) is 1. The largest absolute Gasteiger partial charge is 0.472 e. The molecular weight excluding hydrogens is 774 g/mol. The van der Waals surface area contributed by atoms with Gasteiger partial charge in [-0.05, 0) is 89.9 Å². The summed E-state index contributed by atoms with van der Waals surface area (Å²) in [5.41, 5.74) is 0. The molecular formula is C50H81NO8P+. The third-order valence-corrected chi connectivity index (χ3v) is 9.47. The first-order valence-electron chi connectivity index (χ1n) is 22.3. The lowest BCUT2D eigenvalue weighted by Crippen LogP contribution is -2.37. The van der Waals surface area contributed by atoms with Crippen LogP contribution < -0.4 is 0 Å². The second kappa shape index (κ2) is 40.8. The third kappa shape index (κ3) is 44.0. The molecule has 9 nitrogen and oxygen atoms in total. The highest BCUT2D eigenvalue weighted by Crippen LogP contribution is 2.43. The normalized spacial score (nSPS) is 14.7. The van der Waals surface area contributed by atoms with Crippen molar-refractivity contribution in [1.29, 1.82) is 0 Å². The summed E-state index contributed by atoms with van der Waals surface area (Å²) in [5.74, 6) is -0.977. The van der Waals surface area contributed by atoms with Crippen molar-refractivity contribution >= 4 is 19.8 Å². The predicted octanol–water partition coefficient (Wildman–Crippen LogP) is 12.9. The molecule has 1 N–H and O–H groups in total. The number of nitrogens with zero attached hydrogens (tertiary/aromatic N) is 1. The molecule has 0 aromatic heterocycles. The van der Waals surface area contributed by atoms with Crippen molar-refractivity contribution < 1.29 is 42.1 Å². The lowest BCUT2D eigenvalue weighted by atomic mass is 10.2. The number of carbonyl (C=O) groups excluding carboxylic acids is 2. The number of phosphoric ester groups is 1. The minimum Gasteiger partial charge on any atom is -0.462 e. The van der Waals surface area contributed by atoms with E-state index in [4.69, 9.17) is 18.5 Å². The fourth-order valence-electron chi connectivity index (χ4n) is 5.03. The highest BCUT2D eigenvalue weighted by Gasteiger charge is 2.27. The van der Waals surface area contributed by atoms with Gasteiger partial charge in [-0.25, -0.2) is 4.57 Å². The van der Waals surface area contributed by atoms with Crippen molar-refractivity contribution in [3.63, 3.8) is 0 Å². The molecule has 0 heterocycles. The summed E-state index contributed by atoms with van der Waals surface area (Å²) in [6.07, 6.45) is 57.0. The minimum atomic E-state index is -4.42. The summed E-state index contributed by atoms with van der Waals surface area (Å²) in [4.78, 5) is 35.3. The van der Waals surface area contributed by atoms with Crippen LogP contribution in [0.5, 0.6) is 0 Å². The van der Waals surface area contributed by atoms with Crippen LogP contribution in [0, 0.1) is 0 Å². The maximum absolute atomic E-state index is 12.7. The van der Waals surface area contributed by atoms with Crippen LogP contribution in [-0.4, -0.2) is 74.9 Å². The summed E-state index contributed by atoms with van der Waals surface area (Å²) in [5, 5.41) is 0. The number of unbranched alkanes of at least 4 members (excludes halogenated alkanes) is 4. The standard InChI is InChI=1S/C50H80NO8P/c1-6-8-10-12-14-16-18-20-22-24-25-27-29-31-33-35-37-39-41-43-50(53)59-48(47-58-60(54,55)57-45-44-51(3,4)5)46-56-49(52)42-40-38-36-34-32-30-28-26-23-21-19-17-15-13-11-9-7-2/h8,10,14-17,20-23,25,27-28,30-31,33-34,36-37,39,48H,6-7,9,11-13,18-19,24,26,29,32,35,38,40-47H2,1-5H3/p+1/b10-8-,16-14-,17-15-,22-20-,23-21-,27-25-,30-28-,33-31-,36-34-,39-37-/t48-/m1/s1. The smallest absolute Gasteiger partial charge is 0.462 e.